The van der Waals surface area contributed by atoms with E-state index in [1.807, 2.05) is 41.3 Å². The van der Waals surface area contributed by atoms with Gasteiger partial charge in [-0.05, 0) is 48.6 Å². The summed E-state index contributed by atoms with van der Waals surface area (Å²) in [5.74, 6) is -1.79. The van der Waals surface area contributed by atoms with Gasteiger partial charge in [-0.1, -0.05) is 47.0 Å². The van der Waals surface area contributed by atoms with Crippen molar-refractivity contribution < 1.29 is 29.0 Å². The van der Waals surface area contributed by atoms with E-state index in [9.17, 15) is 24.3 Å². The minimum absolute atomic E-state index is 0.0150. The van der Waals surface area contributed by atoms with E-state index in [0.29, 0.717) is 63.2 Å². The molecule has 2 unspecified atom stereocenters. The number of carbonyl (C=O) groups excluding carboxylic acids is 3. The van der Waals surface area contributed by atoms with Crippen molar-refractivity contribution in [3.63, 3.8) is 0 Å². The van der Waals surface area contributed by atoms with Gasteiger partial charge in [0, 0.05) is 55.1 Å². The Morgan fingerprint density at radius 1 is 1.02 bits per heavy atom. The third kappa shape index (κ3) is 5.29. The molecule has 2 aromatic rings. The second-order valence-electron chi connectivity index (χ2n) is 11.9. The average molecular weight is 639 g/mol. The molecule has 1 aliphatic carbocycles. The summed E-state index contributed by atoms with van der Waals surface area (Å²) in [6, 6.07) is 10.9. The zero-order chi connectivity index (χ0) is 29.5. The van der Waals surface area contributed by atoms with Crippen LogP contribution in [-0.4, -0.2) is 75.8 Å². The van der Waals surface area contributed by atoms with E-state index >= 15 is 0 Å². The normalized spacial score (nSPS) is 25.3. The maximum Gasteiger partial charge on any atom is 0.307 e. The number of benzene rings is 2. The number of halogens is 1. The minimum atomic E-state index is -0.921. The molecule has 0 bridgehead atoms. The molecule has 1 N–H and O–H groups in total. The van der Waals surface area contributed by atoms with Crippen LogP contribution in [0.3, 0.4) is 0 Å². The van der Waals surface area contributed by atoms with E-state index in [0.717, 1.165) is 34.0 Å². The summed E-state index contributed by atoms with van der Waals surface area (Å²) in [7, 11) is 0. The first-order chi connectivity index (χ1) is 20.2. The number of likely N-dealkylation sites (tertiary alicyclic amines) is 1. The number of nitrogens with zero attached hydrogens (tertiary/aromatic N) is 3. The molecule has 9 nitrogen and oxygen atoms in total. The molecule has 4 atom stereocenters. The average Bonchev–Trinajstić information content (AvgIpc) is 3.59. The van der Waals surface area contributed by atoms with E-state index in [1.54, 1.807) is 16.7 Å². The Morgan fingerprint density at radius 3 is 2.50 bits per heavy atom. The predicted octanol–water partition coefficient (Wildman–Crippen LogP) is 4.42. The van der Waals surface area contributed by atoms with Crippen LogP contribution in [-0.2, 0) is 27.3 Å². The minimum Gasteiger partial charge on any atom is -0.488 e. The van der Waals surface area contributed by atoms with Crippen molar-refractivity contribution in [2.24, 2.45) is 11.8 Å². The van der Waals surface area contributed by atoms with E-state index in [4.69, 9.17) is 4.74 Å². The van der Waals surface area contributed by atoms with Crippen LogP contribution in [0, 0.1) is 11.8 Å². The first-order valence-corrected chi connectivity index (χ1v) is 15.7. The molecule has 0 radical (unpaired) electrons. The lowest BCUT2D eigenvalue weighted by Gasteiger charge is -2.43. The Bertz CT molecular complexity index is 1430. The van der Waals surface area contributed by atoms with Gasteiger partial charge in [-0.15, -0.1) is 0 Å². The first kappa shape index (κ1) is 28.7. The van der Waals surface area contributed by atoms with Gasteiger partial charge in [-0.3, -0.25) is 19.2 Å². The molecule has 1 saturated heterocycles. The number of carbonyl (C=O) groups is 4. The quantitative estimate of drug-likeness (QED) is 0.502. The molecular weight excluding hydrogens is 602 g/mol. The predicted molar refractivity (Wildman–Crippen MR) is 158 cm³/mol. The highest BCUT2D eigenvalue weighted by Gasteiger charge is 2.44. The number of hydrogen-bond acceptors (Lipinski definition) is 5. The van der Waals surface area contributed by atoms with Crippen LogP contribution in [0.2, 0.25) is 0 Å². The van der Waals surface area contributed by atoms with Gasteiger partial charge in [-0.25, -0.2) is 0 Å². The molecule has 42 heavy (non-hydrogen) atoms. The molecule has 222 valence electrons. The summed E-state index contributed by atoms with van der Waals surface area (Å²) < 4.78 is 7.49. The van der Waals surface area contributed by atoms with Crippen LogP contribution in [0.5, 0.6) is 5.75 Å². The number of rotatable bonds is 6. The number of carboxylic acids is 1. The fourth-order valence-electron chi connectivity index (χ4n) is 7.23. The number of amides is 3. The summed E-state index contributed by atoms with van der Waals surface area (Å²) in [6.45, 7) is 3.83. The Balaban J connectivity index is 1.37. The monoisotopic (exact) mass is 637 g/mol. The molecule has 0 aromatic heterocycles. The van der Waals surface area contributed by atoms with Gasteiger partial charge >= 0.3 is 5.97 Å². The highest BCUT2D eigenvalue weighted by molar-refractivity contribution is 9.10. The van der Waals surface area contributed by atoms with Crippen LogP contribution in [0.25, 0.3) is 0 Å². The van der Waals surface area contributed by atoms with Gasteiger partial charge in [0.05, 0.1) is 24.4 Å². The molecule has 3 amide bonds. The smallest absolute Gasteiger partial charge is 0.307 e. The second kappa shape index (κ2) is 11.7. The van der Waals surface area contributed by atoms with E-state index < -0.39 is 23.8 Å². The number of ether oxygens (including phenoxy) is 1. The third-order valence-electron chi connectivity index (χ3n) is 9.43. The summed E-state index contributed by atoms with van der Waals surface area (Å²) in [5, 5.41) is 9.97. The lowest BCUT2D eigenvalue weighted by molar-refractivity contribution is -0.153. The van der Waals surface area contributed by atoms with Crippen molar-refractivity contribution in [3.05, 3.63) is 63.1 Å². The first-order valence-electron chi connectivity index (χ1n) is 14.9. The van der Waals surface area contributed by atoms with Crippen molar-refractivity contribution >= 4 is 39.6 Å². The number of aliphatic carboxylic acids is 1. The maximum atomic E-state index is 14.3. The lowest BCUT2D eigenvalue weighted by Crippen LogP contribution is -2.50. The highest BCUT2D eigenvalue weighted by atomic mass is 79.9. The van der Waals surface area contributed by atoms with Gasteiger partial charge < -0.3 is 24.5 Å². The Labute approximate surface area is 253 Å². The van der Waals surface area contributed by atoms with Crippen LogP contribution >= 0.6 is 15.9 Å². The molecular formula is C32H36BrN3O6. The number of carboxylic acid groups (broad SMARTS) is 1. The standard InChI is InChI=1S/C32H36BrN3O6/c1-19(37)34-14-12-21(17-34)42-28-11-10-26(33)25-13-15-36(31(39)23-8-4-5-9-24(23)32(40)41)27(29(25)28)18-35-16-20-6-2-3-7-22(20)30(35)38/h2-3,6-7,10-11,21,23-24,27H,4-5,8-9,12-18H2,1H3,(H,40,41)/t21?,23?,24-,27-/m1/s1. The Kier molecular flexibility index (Phi) is 8.00. The summed E-state index contributed by atoms with van der Waals surface area (Å²) in [5.41, 5.74) is 3.52. The molecule has 6 rings (SSSR count). The van der Waals surface area contributed by atoms with Crippen molar-refractivity contribution in [1.29, 1.82) is 0 Å². The molecule has 10 heteroatoms. The molecule has 2 aromatic carbocycles. The molecule has 3 heterocycles. The van der Waals surface area contributed by atoms with Crippen molar-refractivity contribution in [1.82, 2.24) is 14.7 Å². The Hall–Kier alpha value is -3.40. The third-order valence-corrected chi connectivity index (χ3v) is 10.2. The van der Waals surface area contributed by atoms with Gasteiger partial charge in [0.15, 0.2) is 0 Å². The zero-order valence-corrected chi connectivity index (χ0v) is 25.3. The largest absolute Gasteiger partial charge is 0.488 e. The fraction of sp³-hybridized carbons (Fsp3) is 0.500. The van der Waals surface area contributed by atoms with Crippen LogP contribution in [0.1, 0.15) is 72.1 Å². The fourth-order valence-corrected chi connectivity index (χ4v) is 7.78. The van der Waals surface area contributed by atoms with E-state index in [1.165, 1.54) is 0 Å². The highest BCUT2D eigenvalue weighted by Crippen LogP contribution is 2.44. The molecule has 2 fully saturated rings. The summed E-state index contributed by atoms with van der Waals surface area (Å²) in [6.07, 6.45) is 3.77. The van der Waals surface area contributed by atoms with Crippen LogP contribution < -0.4 is 4.74 Å². The number of fused-ring (bicyclic) bond motifs is 2. The summed E-state index contributed by atoms with van der Waals surface area (Å²) in [4.78, 5) is 57.3. The van der Waals surface area contributed by atoms with Crippen LogP contribution in [0.4, 0.5) is 0 Å². The van der Waals surface area contributed by atoms with Gasteiger partial charge in [-0.2, -0.15) is 0 Å². The molecule has 1 saturated carbocycles. The van der Waals surface area contributed by atoms with Gasteiger partial charge in [0.1, 0.15) is 11.9 Å². The summed E-state index contributed by atoms with van der Waals surface area (Å²) >= 11 is 3.72. The topological polar surface area (TPSA) is 107 Å². The maximum absolute atomic E-state index is 14.3. The van der Waals surface area contributed by atoms with Gasteiger partial charge in [0.25, 0.3) is 5.91 Å². The molecule has 4 aliphatic rings. The molecule has 3 aliphatic heterocycles. The Morgan fingerprint density at radius 2 is 1.79 bits per heavy atom. The van der Waals surface area contributed by atoms with Crippen LogP contribution in [0.15, 0.2) is 40.9 Å². The van der Waals surface area contributed by atoms with E-state index in [2.05, 4.69) is 15.9 Å². The number of hydrogen-bond donors (Lipinski definition) is 1. The second-order valence-corrected chi connectivity index (χ2v) is 12.8. The van der Waals surface area contributed by atoms with E-state index in [-0.39, 0.29) is 30.4 Å². The zero-order valence-electron chi connectivity index (χ0n) is 23.8. The van der Waals surface area contributed by atoms with Crippen molar-refractivity contribution in [2.45, 2.75) is 64.1 Å². The molecule has 0 spiro atoms. The lowest BCUT2D eigenvalue weighted by atomic mass is 9.77. The van der Waals surface area contributed by atoms with Gasteiger partial charge in [0.2, 0.25) is 11.8 Å². The van der Waals surface area contributed by atoms with Crippen molar-refractivity contribution in [3.8, 4) is 5.75 Å². The SMILES string of the molecule is CC(=O)N1CCC(Oc2ccc(Br)c3c2[C@@H](CN2Cc4ccccc4C2=O)N(C(=O)C2CCCC[C@H]2C(=O)O)CC3)C1. The van der Waals surface area contributed by atoms with Crippen molar-refractivity contribution in [2.75, 3.05) is 26.2 Å².